The highest BCUT2D eigenvalue weighted by atomic mass is 16.5. The molecule has 8 nitrogen and oxygen atoms in total. The second-order valence-corrected chi connectivity index (χ2v) is 8.86. The summed E-state index contributed by atoms with van der Waals surface area (Å²) < 4.78 is 21.1. The van der Waals surface area contributed by atoms with Crippen LogP contribution in [0.15, 0.2) is 36.4 Å². The van der Waals surface area contributed by atoms with Crippen molar-refractivity contribution in [2.75, 3.05) is 52.9 Å². The van der Waals surface area contributed by atoms with Gasteiger partial charge in [-0.05, 0) is 49.2 Å². The summed E-state index contributed by atoms with van der Waals surface area (Å²) >= 11 is 0. The van der Waals surface area contributed by atoms with Gasteiger partial charge in [-0.2, -0.15) is 0 Å². The summed E-state index contributed by atoms with van der Waals surface area (Å²) in [5.41, 5.74) is 1.58. The molecule has 0 saturated carbocycles. The van der Waals surface area contributed by atoms with Crippen molar-refractivity contribution in [3.05, 3.63) is 69.8 Å². The molecule has 2 aromatic carbocycles. The molecule has 0 amide bonds. The van der Waals surface area contributed by atoms with Crippen LogP contribution in [0.25, 0.3) is 0 Å². The normalized spacial score (nSPS) is 10.8. The molecule has 0 fully saturated rings. The average molecular weight is 537 g/mol. The van der Waals surface area contributed by atoms with Gasteiger partial charge in [0.05, 0.1) is 37.6 Å². The van der Waals surface area contributed by atoms with E-state index in [1.807, 2.05) is 27.7 Å². The number of carboxylic acid groups (broad SMARTS) is 2. The van der Waals surface area contributed by atoms with Crippen LogP contribution in [0.1, 0.15) is 70.7 Å². The number of carboxylic acids is 2. The Morgan fingerprint density at radius 1 is 0.692 bits per heavy atom. The minimum Gasteiger partial charge on any atom is -0.478 e. The number of hydrogen-bond acceptors (Lipinski definition) is 6. The zero-order chi connectivity index (χ0) is 28.7. The SMILES string of the molecule is CCOCCOCC#Cc1ccc(C(C)(C)c2ccc(C#CCOCCOCC)c(C(=O)O)c2)cc1C(=O)O. The summed E-state index contributed by atoms with van der Waals surface area (Å²) in [7, 11) is 0. The standard InChI is InChI=1S/C31H36O8/c1-5-36-17-19-38-15-7-9-23-11-13-25(21-27(23)29(32)33)31(3,4)26-14-12-24(28(22-26)30(34)35)10-8-16-39-20-18-37-6-2/h11-14,21-22H,5-6,15-20H2,1-4H3,(H,32,33)(H,34,35). The zero-order valence-electron chi connectivity index (χ0n) is 23.0. The van der Waals surface area contributed by atoms with Crippen molar-refractivity contribution >= 4 is 11.9 Å². The Bertz CT molecular complexity index is 1150. The molecule has 0 radical (unpaired) electrons. The lowest BCUT2D eigenvalue weighted by Crippen LogP contribution is -2.21. The van der Waals surface area contributed by atoms with E-state index in [1.54, 1.807) is 36.4 Å². The molecule has 2 rings (SSSR count). The lowest BCUT2D eigenvalue weighted by atomic mass is 9.76. The Hall–Kier alpha value is -3.66. The largest absolute Gasteiger partial charge is 0.478 e. The van der Waals surface area contributed by atoms with E-state index in [0.717, 1.165) is 0 Å². The summed E-state index contributed by atoms with van der Waals surface area (Å²) in [4.78, 5) is 24.0. The molecule has 0 saturated heterocycles. The van der Waals surface area contributed by atoms with Crippen molar-refractivity contribution in [2.45, 2.75) is 33.1 Å². The first kappa shape index (κ1) is 31.6. The fourth-order valence-electron chi connectivity index (χ4n) is 3.64. The van der Waals surface area contributed by atoms with Gasteiger partial charge in [0.1, 0.15) is 13.2 Å². The molecular formula is C31H36O8. The van der Waals surface area contributed by atoms with Gasteiger partial charge in [0, 0.05) is 29.8 Å². The second-order valence-electron chi connectivity index (χ2n) is 8.86. The number of rotatable bonds is 14. The Morgan fingerprint density at radius 3 is 1.44 bits per heavy atom. The third-order valence-corrected chi connectivity index (χ3v) is 5.89. The van der Waals surface area contributed by atoms with Crippen LogP contribution in [0, 0.1) is 23.7 Å². The predicted octanol–water partition coefficient (Wildman–Crippen LogP) is 4.22. The van der Waals surface area contributed by atoms with Gasteiger partial charge in [0.2, 0.25) is 0 Å². The summed E-state index contributed by atoms with van der Waals surface area (Å²) in [5.74, 6) is 9.21. The van der Waals surface area contributed by atoms with E-state index in [9.17, 15) is 19.8 Å². The quantitative estimate of drug-likeness (QED) is 0.273. The van der Waals surface area contributed by atoms with Crippen LogP contribution in [0.2, 0.25) is 0 Å². The van der Waals surface area contributed by atoms with E-state index in [-0.39, 0.29) is 24.3 Å². The molecule has 0 heterocycles. The highest BCUT2D eigenvalue weighted by molar-refractivity contribution is 5.92. The first-order valence-corrected chi connectivity index (χ1v) is 12.8. The fraction of sp³-hybridized carbons (Fsp3) is 0.419. The molecule has 39 heavy (non-hydrogen) atoms. The van der Waals surface area contributed by atoms with Crippen molar-refractivity contribution < 1.29 is 38.7 Å². The maximum atomic E-state index is 12.0. The Balaban J connectivity index is 2.25. The van der Waals surface area contributed by atoms with E-state index in [2.05, 4.69) is 23.7 Å². The molecule has 0 unspecified atom stereocenters. The summed E-state index contributed by atoms with van der Waals surface area (Å²) in [6.45, 7) is 10.9. The summed E-state index contributed by atoms with van der Waals surface area (Å²) in [5, 5.41) is 19.6. The predicted molar refractivity (Wildman–Crippen MR) is 147 cm³/mol. The molecule has 0 aromatic heterocycles. The average Bonchev–Trinajstić information content (AvgIpc) is 2.91. The first-order chi connectivity index (χ1) is 18.7. The monoisotopic (exact) mass is 536 g/mol. The topological polar surface area (TPSA) is 112 Å². The summed E-state index contributed by atoms with van der Waals surface area (Å²) in [6, 6.07) is 10.1. The van der Waals surface area contributed by atoms with Gasteiger partial charge in [-0.1, -0.05) is 49.7 Å². The molecular weight excluding hydrogens is 500 g/mol. The third-order valence-electron chi connectivity index (χ3n) is 5.89. The van der Waals surface area contributed by atoms with Gasteiger partial charge in [-0.15, -0.1) is 0 Å². The molecule has 0 spiro atoms. The van der Waals surface area contributed by atoms with Gasteiger partial charge >= 0.3 is 11.9 Å². The highest BCUT2D eigenvalue weighted by Crippen LogP contribution is 2.33. The van der Waals surface area contributed by atoms with E-state index < -0.39 is 17.4 Å². The Labute approximate surface area is 230 Å². The van der Waals surface area contributed by atoms with Crippen molar-refractivity contribution in [2.24, 2.45) is 0 Å². The zero-order valence-corrected chi connectivity index (χ0v) is 23.0. The van der Waals surface area contributed by atoms with Gasteiger partial charge < -0.3 is 29.2 Å². The molecule has 8 heteroatoms. The summed E-state index contributed by atoms with van der Waals surface area (Å²) in [6.07, 6.45) is 0. The number of carbonyl (C=O) groups is 2. The maximum absolute atomic E-state index is 12.0. The van der Waals surface area contributed by atoms with E-state index >= 15 is 0 Å². The molecule has 208 valence electrons. The van der Waals surface area contributed by atoms with E-state index in [4.69, 9.17) is 18.9 Å². The number of hydrogen-bond donors (Lipinski definition) is 2. The molecule has 0 atom stereocenters. The molecule has 0 aliphatic heterocycles. The number of benzene rings is 2. The van der Waals surface area contributed by atoms with Gasteiger partial charge in [-0.25, -0.2) is 9.59 Å². The molecule has 2 N–H and O–H groups in total. The van der Waals surface area contributed by atoms with E-state index in [1.165, 1.54) is 0 Å². The van der Waals surface area contributed by atoms with Crippen molar-refractivity contribution in [1.29, 1.82) is 0 Å². The molecule has 0 aliphatic carbocycles. The molecule has 0 bridgehead atoms. The van der Waals surface area contributed by atoms with Crippen LogP contribution >= 0.6 is 0 Å². The van der Waals surface area contributed by atoms with Crippen molar-refractivity contribution in [1.82, 2.24) is 0 Å². The minimum absolute atomic E-state index is 0.0627. The molecule has 2 aromatic rings. The number of aromatic carboxylic acids is 2. The van der Waals surface area contributed by atoms with Crippen LogP contribution in [-0.4, -0.2) is 75.0 Å². The van der Waals surface area contributed by atoms with Crippen LogP contribution in [-0.2, 0) is 24.4 Å². The van der Waals surface area contributed by atoms with E-state index in [0.29, 0.717) is 61.9 Å². The molecule has 0 aliphatic rings. The fourth-order valence-corrected chi connectivity index (χ4v) is 3.64. The van der Waals surface area contributed by atoms with Crippen LogP contribution < -0.4 is 0 Å². The Kier molecular flexibility index (Phi) is 13.2. The third kappa shape index (κ3) is 9.86. The van der Waals surface area contributed by atoms with Gasteiger partial charge in [0.25, 0.3) is 0 Å². The lowest BCUT2D eigenvalue weighted by molar-refractivity contribution is 0.0662. The van der Waals surface area contributed by atoms with Crippen LogP contribution in [0.3, 0.4) is 0 Å². The van der Waals surface area contributed by atoms with Crippen LogP contribution in [0.5, 0.6) is 0 Å². The highest BCUT2D eigenvalue weighted by Gasteiger charge is 2.26. The lowest BCUT2D eigenvalue weighted by Gasteiger charge is -2.27. The number of ether oxygens (including phenoxy) is 4. The van der Waals surface area contributed by atoms with Crippen molar-refractivity contribution in [3.8, 4) is 23.7 Å². The van der Waals surface area contributed by atoms with Gasteiger partial charge in [0.15, 0.2) is 0 Å². The first-order valence-electron chi connectivity index (χ1n) is 12.8. The minimum atomic E-state index is -1.10. The second kappa shape index (κ2) is 16.3. The maximum Gasteiger partial charge on any atom is 0.336 e. The van der Waals surface area contributed by atoms with Crippen LogP contribution in [0.4, 0.5) is 0 Å². The smallest absolute Gasteiger partial charge is 0.336 e. The van der Waals surface area contributed by atoms with Crippen molar-refractivity contribution in [3.63, 3.8) is 0 Å². The Morgan fingerprint density at radius 2 is 1.08 bits per heavy atom. The van der Waals surface area contributed by atoms with Gasteiger partial charge in [-0.3, -0.25) is 0 Å².